The Morgan fingerprint density at radius 2 is 2.28 bits per heavy atom. The number of thiophene rings is 1. The van der Waals surface area contributed by atoms with E-state index in [1.54, 1.807) is 23.5 Å². The lowest BCUT2D eigenvalue weighted by atomic mass is 9.86. The fourth-order valence-electron chi connectivity index (χ4n) is 3.14. The molecule has 1 aromatic heterocycles. The number of nitrogens with zero attached hydrogens (tertiary/aromatic N) is 1. The van der Waals surface area contributed by atoms with Crippen molar-refractivity contribution in [2.24, 2.45) is 5.92 Å². The molecular formula is C20H19ClN2OS. The average Bonchev–Trinajstić information content (AvgIpc) is 2.96. The van der Waals surface area contributed by atoms with Gasteiger partial charge >= 0.3 is 0 Å². The summed E-state index contributed by atoms with van der Waals surface area (Å²) in [5.41, 5.74) is 2.55. The van der Waals surface area contributed by atoms with Gasteiger partial charge in [-0.3, -0.25) is 4.79 Å². The summed E-state index contributed by atoms with van der Waals surface area (Å²) in [6, 6.07) is 9.62. The number of nitrogens with one attached hydrogen (secondary N) is 1. The number of hydrogen-bond acceptors (Lipinski definition) is 3. The van der Waals surface area contributed by atoms with Gasteiger partial charge in [0.05, 0.1) is 5.56 Å². The molecule has 1 amide bonds. The monoisotopic (exact) mass is 370 g/mol. The molecule has 0 radical (unpaired) electrons. The zero-order valence-corrected chi connectivity index (χ0v) is 15.6. The molecule has 2 aromatic rings. The molecule has 128 valence electrons. The first-order valence-electron chi connectivity index (χ1n) is 8.40. The molecule has 0 unspecified atom stereocenters. The lowest BCUT2D eigenvalue weighted by Crippen LogP contribution is -2.12. The number of carbonyl (C=O) groups excluding carboxylic acids is 1. The van der Waals surface area contributed by atoms with Crippen LogP contribution in [0.3, 0.4) is 0 Å². The van der Waals surface area contributed by atoms with E-state index in [4.69, 9.17) is 11.6 Å². The van der Waals surface area contributed by atoms with Gasteiger partial charge in [0.2, 0.25) is 5.91 Å². The molecule has 1 heterocycles. The van der Waals surface area contributed by atoms with Gasteiger partial charge in [0.1, 0.15) is 11.1 Å². The number of anilines is 1. The van der Waals surface area contributed by atoms with Crippen molar-refractivity contribution in [3.05, 3.63) is 56.9 Å². The van der Waals surface area contributed by atoms with Gasteiger partial charge in [0.15, 0.2) is 0 Å². The third kappa shape index (κ3) is 3.95. The van der Waals surface area contributed by atoms with Gasteiger partial charge < -0.3 is 5.32 Å². The molecule has 3 nitrogen and oxygen atoms in total. The highest BCUT2D eigenvalue weighted by Crippen LogP contribution is 2.40. The zero-order chi connectivity index (χ0) is 17.8. The maximum absolute atomic E-state index is 12.3. The first-order valence-corrected chi connectivity index (χ1v) is 9.60. The maximum atomic E-state index is 12.3. The molecule has 1 aliphatic rings. The molecule has 0 saturated heterocycles. The van der Waals surface area contributed by atoms with Crippen molar-refractivity contribution in [3.8, 4) is 6.07 Å². The second-order valence-electron chi connectivity index (χ2n) is 6.18. The predicted octanol–water partition coefficient (Wildman–Crippen LogP) is 5.44. The number of fused-ring (bicyclic) bond motifs is 1. The van der Waals surface area contributed by atoms with E-state index in [0.29, 0.717) is 21.5 Å². The predicted molar refractivity (Wildman–Crippen MR) is 104 cm³/mol. The minimum absolute atomic E-state index is 0.248. The van der Waals surface area contributed by atoms with Crippen molar-refractivity contribution in [1.29, 1.82) is 5.26 Å². The lowest BCUT2D eigenvalue weighted by Gasteiger charge is -2.20. The number of benzene rings is 1. The molecular weight excluding hydrogens is 352 g/mol. The molecule has 0 fully saturated rings. The molecule has 0 spiro atoms. The molecule has 0 saturated carbocycles. The van der Waals surface area contributed by atoms with Gasteiger partial charge in [0.25, 0.3) is 0 Å². The van der Waals surface area contributed by atoms with E-state index >= 15 is 0 Å². The van der Waals surface area contributed by atoms with Crippen molar-refractivity contribution in [1.82, 2.24) is 0 Å². The van der Waals surface area contributed by atoms with Crippen molar-refractivity contribution in [3.63, 3.8) is 0 Å². The Kier molecular flexibility index (Phi) is 5.57. The Hall–Kier alpha value is -2.09. The van der Waals surface area contributed by atoms with Crippen molar-refractivity contribution in [2.75, 3.05) is 5.32 Å². The molecule has 1 atom stereocenters. The number of nitriles is 1. The van der Waals surface area contributed by atoms with Gasteiger partial charge in [-0.2, -0.15) is 5.26 Å². The third-order valence-electron chi connectivity index (χ3n) is 4.61. The van der Waals surface area contributed by atoms with Crippen molar-refractivity contribution in [2.45, 2.75) is 32.6 Å². The molecule has 1 aliphatic carbocycles. The molecule has 1 aromatic carbocycles. The normalized spacial score (nSPS) is 16.4. The average molecular weight is 371 g/mol. The molecule has 25 heavy (non-hydrogen) atoms. The molecule has 1 N–H and O–H groups in total. The fourth-order valence-corrected chi connectivity index (χ4v) is 4.65. The van der Waals surface area contributed by atoms with Gasteiger partial charge in [-0.15, -0.1) is 11.3 Å². The minimum Gasteiger partial charge on any atom is -0.313 e. The summed E-state index contributed by atoms with van der Waals surface area (Å²) < 4.78 is 0. The van der Waals surface area contributed by atoms with Crippen LogP contribution >= 0.6 is 22.9 Å². The Bertz CT molecular complexity index is 863. The SMILES string of the molecule is CC[C@H]1CCc2c(sc(NC(=O)/C=C/c3ccccc3Cl)c2C#N)C1. The third-order valence-corrected chi connectivity index (χ3v) is 6.13. The van der Waals surface area contributed by atoms with Crippen LogP contribution in [0, 0.1) is 17.2 Å². The summed E-state index contributed by atoms with van der Waals surface area (Å²) in [6.07, 6.45) is 7.35. The van der Waals surface area contributed by atoms with Crippen LogP contribution in [-0.2, 0) is 17.6 Å². The number of hydrogen-bond donors (Lipinski definition) is 1. The Labute approximate surface area is 156 Å². The fraction of sp³-hybridized carbons (Fsp3) is 0.300. The summed E-state index contributed by atoms with van der Waals surface area (Å²) >= 11 is 7.63. The van der Waals surface area contributed by atoms with Gasteiger partial charge in [-0.1, -0.05) is 43.1 Å². The minimum atomic E-state index is -0.248. The van der Waals surface area contributed by atoms with E-state index < -0.39 is 0 Å². The molecule has 5 heteroatoms. The van der Waals surface area contributed by atoms with Crippen LogP contribution in [0.4, 0.5) is 5.00 Å². The van der Waals surface area contributed by atoms with Gasteiger partial charge in [-0.25, -0.2) is 0 Å². The highest BCUT2D eigenvalue weighted by Gasteiger charge is 2.25. The second-order valence-corrected chi connectivity index (χ2v) is 7.69. The summed E-state index contributed by atoms with van der Waals surface area (Å²) in [4.78, 5) is 13.5. The second kappa shape index (κ2) is 7.86. The Morgan fingerprint density at radius 1 is 1.48 bits per heavy atom. The number of amides is 1. The van der Waals surface area contributed by atoms with E-state index in [0.717, 1.165) is 36.8 Å². The Balaban J connectivity index is 1.77. The quantitative estimate of drug-likeness (QED) is 0.728. The van der Waals surface area contributed by atoms with Crippen LogP contribution in [0.25, 0.3) is 6.08 Å². The lowest BCUT2D eigenvalue weighted by molar-refractivity contribution is -0.111. The van der Waals surface area contributed by atoms with Crippen LogP contribution in [0.15, 0.2) is 30.3 Å². The zero-order valence-electron chi connectivity index (χ0n) is 14.0. The van der Waals surface area contributed by atoms with Crippen LogP contribution in [0.5, 0.6) is 0 Å². The largest absolute Gasteiger partial charge is 0.313 e. The first-order chi connectivity index (χ1) is 12.1. The number of rotatable bonds is 4. The summed E-state index contributed by atoms with van der Waals surface area (Å²) in [5, 5.41) is 13.6. The van der Waals surface area contributed by atoms with E-state index in [2.05, 4.69) is 18.3 Å². The summed E-state index contributed by atoms with van der Waals surface area (Å²) in [5.74, 6) is 0.434. The smallest absolute Gasteiger partial charge is 0.249 e. The molecule has 0 bridgehead atoms. The van der Waals surface area contributed by atoms with E-state index in [-0.39, 0.29) is 5.91 Å². The highest BCUT2D eigenvalue weighted by atomic mass is 35.5. The summed E-state index contributed by atoms with van der Waals surface area (Å²) in [6.45, 7) is 2.21. The Morgan fingerprint density at radius 3 is 3.00 bits per heavy atom. The maximum Gasteiger partial charge on any atom is 0.249 e. The first kappa shape index (κ1) is 17.7. The summed E-state index contributed by atoms with van der Waals surface area (Å²) in [7, 11) is 0. The van der Waals surface area contributed by atoms with Gasteiger partial charge in [-0.05, 0) is 48.4 Å². The van der Waals surface area contributed by atoms with Crippen LogP contribution in [-0.4, -0.2) is 5.91 Å². The molecule has 3 rings (SSSR count). The van der Waals surface area contributed by atoms with Gasteiger partial charge in [0, 0.05) is 16.0 Å². The van der Waals surface area contributed by atoms with Crippen molar-refractivity contribution >= 4 is 39.9 Å². The number of halogens is 1. The van der Waals surface area contributed by atoms with Crippen molar-refractivity contribution < 1.29 is 4.79 Å². The van der Waals surface area contributed by atoms with E-state index in [9.17, 15) is 10.1 Å². The van der Waals surface area contributed by atoms with E-state index in [1.807, 2.05) is 18.2 Å². The highest BCUT2D eigenvalue weighted by molar-refractivity contribution is 7.16. The van der Waals surface area contributed by atoms with Crippen LogP contribution in [0.1, 0.15) is 41.3 Å². The van der Waals surface area contributed by atoms with Crippen LogP contribution in [0.2, 0.25) is 5.02 Å². The number of carbonyl (C=O) groups is 1. The molecule has 0 aliphatic heterocycles. The topological polar surface area (TPSA) is 52.9 Å². The van der Waals surface area contributed by atoms with Crippen LogP contribution < -0.4 is 5.32 Å². The van der Waals surface area contributed by atoms with E-state index in [1.165, 1.54) is 11.0 Å². The standard InChI is InChI=1S/C20H19ClN2OS/c1-2-13-7-9-15-16(12-22)20(25-18(15)11-13)23-19(24)10-8-14-5-3-4-6-17(14)21/h3-6,8,10,13H,2,7,9,11H2,1H3,(H,23,24)/b10-8+/t13-/m0/s1.